The average molecular weight is 245 g/mol. The maximum Gasteiger partial charge on any atom is 0.209 e. The zero-order valence-corrected chi connectivity index (χ0v) is 10.4. The van der Waals surface area contributed by atoms with Crippen molar-refractivity contribution in [2.75, 3.05) is 25.4 Å². The van der Waals surface area contributed by atoms with Crippen LogP contribution in [0, 0.1) is 0 Å². The molecule has 0 radical (unpaired) electrons. The van der Waals surface area contributed by atoms with Gasteiger partial charge in [-0.15, -0.1) is 5.10 Å². The van der Waals surface area contributed by atoms with E-state index >= 15 is 0 Å². The standard InChI is InChI=1S/C9H19N5OS/c1-2-4-10-5-6-14-9(11-12-13-14)16-8-3-7-15/h10,15H,2-8H2,1H3. The van der Waals surface area contributed by atoms with Gasteiger partial charge in [0.1, 0.15) is 0 Å². The lowest BCUT2D eigenvalue weighted by Gasteiger charge is -2.04. The lowest BCUT2D eigenvalue weighted by Crippen LogP contribution is -2.21. The van der Waals surface area contributed by atoms with Gasteiger partial charge in [-0.05, 0) is 29.8 Å². The molecule has 1 heterocycles. The zero-order chi connectivity index (χ0) is 11.6. The van der Waals surface area contributed by atoms with Crippen molar-refractivity contribution in [1.29, 1.82) is 0 Å². The fraction of sp³-hybridized carbons (Fsp3) is 0.889. The van der Waals surface area contributed by atoms with Gasteiger partial charge in [0.05, 0.1) is 6.54 Å². The van der Waals surface area contributed by atoms with Crippen molar-refractivity contribution in [2.45, 2.75) is 31.5 Å². The minimum absolute atomic E-state index is 0.215. The number of aliphatic hydroxyl groups is 1. The Morgan fingerprint density at radius 2 is 2.31 bits per heavy atom. The molecule has 6 nitrogen and oxygen atoms in total. The first-order valence-electron chi connectivity index (χ1n) is 5.59. The van der Waals surface area contributed by atoms with E-state index < -0.39 is 0 Å². The van der Waals surface area contributed by atoms with Gasteiger partial charge < -0.3 is 10.4 Å². The van der Waals surface area contributed by atoms with Crippen molar-refractivity contribution in [1.82, 2.24) is 25.5 Å². The molecule has 0 spiro atoms. The minimum Gasteiger partial charge on any atom is -0.396 e. The summed E-state index contributed by atoms with van der Waals surface area (Å²) in [5.74, 6) is 0.846. The molecule has 0 aliphatic heterocycles. The van der Waals surface area contributed by atoms with Crippen LogP contribution in [0.4, 0.5) is 0 Å². The van der Waals surface area contributed by atoms with Crippen LogP contribution in [0.1, 0.15) is 19.8 Å². The molecular weight excluding hydrogens is 226 g/mol. The summed E-state index contributed by atoms with van der Waals surface area (Å²) in [5, 5.41) is 24.3. The maximum atomic E-state index is 8.68. The molecule has 0 saturated heterocycles. The van der Waals surface area contributed by atoms with Gasteiger partial charge in [0, 0.05) is 18.9 Å². The molecule has 1 rings (SSSR count). The van der Waals surface area contributed by atoms with E-state index in [1.54, 1.807) is 16.4 Å². The van der Waals surface area contributed by atoms with Crippen LogP contribution in [0.3, 0.4) is 0 Å². The Bertz CT molecular complexity index is 281. The van der Waals surface area contributed by atoms with E-state index in [2.05, 4.69) is 27.8 Å². The predicted molar refractivity (Wildman–Crippen MR) is 63.4 cm³/mol. The summed E-state index contributed by atoms with van der Waals surface area (Å²) >= 11 is 1.58. The molecule has 2 N–H and O–H groups in total. The summed E-state index contributed by atoms with van der Waals surface area (Å²) in [4.78, 5) is 0. The van der Waals surface area contributed by atoms with Crippen LogP contribution in [0.5, 0.6) is 0 Å². The highest BCUT2D eigenvalue weighted by molar-refractivity contribution is 7.99. The molecule has 0 saturated carbocycles. The van der Waals surface area contributed by atoms with Crippen LogP contribution in [0.2, 0.25) is 0 Å². The molecule has 0 fully saturated rings. The number of rotatable bonds is 9. The van der Waals surface area contributed by atoms with Crippen molar-refractivity contribution in [2.24, 2.45) is 0 Å². The first-order chi connectivity index (χ1) is 7.88. The second-order valence-electron chi connectivity index (χ2n) is 3.36. The third kappa shape index (κ3) is 4.91. The first-order valence-corrected chi connectivity index (χ1v) is 6.57. The number of nitrogens with zero attached hydrogens (tertiary/aromatic N) is 4. The van der Waals surface area contributed by atoms with Gasteiger partial charge in [0.25, 0.3) is 0 Å². The Morgan fingerprint density at radius 3 is 3.06 bits per heavy atom. The van der Waals surface area contributed by atoms with Crippen LogP contribution in [-0.4, -0.2) is 50.8 Å². The van der Waals surface area contributed by atoms with Crippen LogP contribution in [0.25, 0.3) is 0 Å². The quantitative estimate of drug-likeness (QED) is 0.476. The van der Waals surface area contributed by atoms with E-state index in [0.717, 1.165) is 43.4 Å². The molecule has 0 aliphatic carbocycles. The Kier molecular flexibility index (Phi) is 7.11. The van der Waals surface area contributed by atoms with Gasteiger partial charge in [0.2, 0.25) is 5.16 Å². The van der Waals surface area contributed by atoms with Gasteiger partial charge in [-0.1, -0.05) is 18.7 Å². The van der Waals surface area contributed by atoms with E-state index in [9.17, 15) is 0 Å². The predicted octanol–water partition coefficient (Wildman–Crippen LogP) is 0.147. The molecule has 0 aromatic carbocycles. The molecule has 1 aromatic rings. The Hall–Kier alpha value is -0.660. The summed E-state index contributed by atoms with van der Waals surface area (Å²) in [6.45, 7) is 5.04. The summed E-state index contributed by atoms with van der Waals surface area (Å²) in [6, 6.07) is 0. The molecular formula is C9H19N5OS. The number of hydrogen-bond acceptors (Lipinski definition) is 6. The van der Waals surface area contributed by atoms with E-state index in [0.29, 0.717) is 0 Å². The van der Waals surface area contributed by atoms with Gasteiger partial charge in [-0.25, -0.2) is 4.68 Å². The van der Waals surface area contributed by atoms with Gasteiger partial charge in [-0.2, -0.15) is 0 Å². The van der Waals surface area contributed by atoms with Crippen molar-refractivity contribution in [3.63, 3.8) is 0 Å². The lowest BCUT2D eigenvalue weighted by molar-refractivity contribution is 0.296. The van der Waals surface area contributed by atoms with Crippen molar-refractivity contribution in [3.05, 3.63) is 0 Å². The fourth-order valence-electron chi connectivity index (χ4n) is 1.15. The van der Waals surface area contributed by atoms with Crippen molar-refractivity contribution < 1.29 is 5.11 Å². The Morgan fingerprint density at radius 1 is 1.44 bits per heavy atom. The number of hydrogen-bond donors (Lipinski definition) is 2. The second-order valence-corrected chi connectivity index (χ2v) is 4.42. The van der Waals surface area contributed by atoms with Gasteiger partial charge in [-0.3, -0.25) is 0 Å². The summed E-state index contributed by atoms with van der Waals surface area (Å²) in [6.07, 6.45) is 1.90. The first kappa shape index (κ1) is 13.4. The minimum atomic E-state index is 0.215. The number of aromatic nitrogens is 4. The van der Waals surface area contributed by atoms with Gasteiger partial charge in [0.15, 0.2) is 0 Å². The molecule has 0 atom stereocenters. The summed E-state index contributed by atoms with van der Waals surface area (Å²) in [5.41, 5.74) is 0. The van der Waals surface area contributed by atoms with Crippen molar-refractivity contribution in [3.8, 4) is 0 Å². The molecule has 0 bridgehead atoms. The zero-order valence-electron chi connectivity index (χ0n) is 9.59. The molecule has 0 aliphatic rings. The van der Waals surface area contributed by atoms with Crippen LogP contribution in [0.15, 0.2) is 5.16 Å². The smallest absolute Gasteiger partial charge is 0.209 e. The highest BCUT2D eigenvalue weighted by Crippen LogP contribution is 2.13. The summed E-state index contributed by atoms with van der Waals surface area (Å²) < 4.78 is 1.80. The third-order valence-electron chi connectivity index (χ3n) is 1.96. The number of aliphatic hydroxyl groups excluding tert-OH is 1. The molecule has 1 aromatic heterocycles. The molecule has 92 valence electrons. The normalized spacial score (nSPS) is 10.9. The highest BCUT2D eigenvalue weighted by atomic mass is 32.2. The van der Waals surface area contributed by atoms with E-state index in [1.165, 1.54) is 0 Å². The number of thioether (sulfide) groups is 1. The van der Waals surface area contributed by atoms with Crippen LogP contribution in [-0.2, 0) is 6.54 Å². The second kappa shape index (κ2) is 8.49. The SMILES string of the molecule is CCCNCCn1nnnc1SCCCO. The topological polar surface area (TPSA) is 75.9 Å². The van der Waals surface area contributed by atoms with Crippen LogP contribution >= 0.6 is 11.8 Å². The monoisotopic (exact) mass is 245 g/mol. The van der Waals surface area contributed by atoms with Crippen LogP contribution < -0.4 is 5.32 Å². The number of nitrogens with one attached hydrogen (secondary N) is 1. The Balaban J connectivity index is 2.26. The van der Waals surface area contributed by atoms with Gasteiger partial charge >= 0.3 is 0 Å². The van der Waals surface area contributed by atoms with E-state index in [1.807, 2.05) is 0 Å². The lowest BCUT2D eigenvalue weighted by atomic mass is 10.5. The largest absolute Gasteiger partial charge is 0.396 e. The van der Waals surface area contributed by atoms with E-state index in [-0.39, 0.29) is 6.61 Å². The van der Waals surface area contributed by atoms with Crippen molar-refractivity contribution >= 4 is 11.8 Å². The maximum absolute atomic E-state index is 8.68. The molecule has 7 heteroatoms. The Labute approximate surface area is 99.8 Å². The molecule has 0 unspecified atom stereocenters. The molecule has 16 heavy (non-hydrogen) atoms. The third-order valence-corrected chi connectivity index (χ3v) is 3.00. The summed E-state index contributed by atoms with van der Waals surface area (Å²) in [7, 11) is 0. The number of tetrazole rings is 1. The van der Waals surface area contributed by atoms with E-state index in [4.69, 9.17) is 5.11 Å². The molecule has 0 amide bonds. The fourth-order valence-corrected chi connectivity index (χ4v) is 1.98. The average Bonchev–Trinajstić information content (AvgIpc) is 2.73. The highest BCUT2D eigenvalue weighted by Gasteiger charge is 2.05.